The lowest BCUT2D eigenvalue weighted by Crippen LogP contribution is -2.18. The van der Waals surface area contributed by atoms with Gasteiger partial charge in [-0.15, -0.1) is 0 Å². The first-order valence-corrected chi connectivity index (χ1v) is 4.07. The number of carbonyl (C=O) groups excluding carboxylic acids is 1. The third-order valence-corrected chi connectivity index (χ3v) is 1.76. The van der Waals surface area contributed by atoms with Crippen molar-refractivity contribution < 1.29 is 9.16 Å². The molecule has 0 aromatic rings. The summed E-state index contributed by atoms with van der Waals surface area (Å²) in [5.74, 6) is 0. The Bertz CT molecular complexity index is 144. The molecule has 1 aliphatic rings. The molecule has 11 heavy (non-hydrogen) atoms. The summed E-state index contributed by atoms with van der Waals surface area (Å²) in [6.45, 7) is 8.69. The maximum atomic E-state index is 5.34. The van der Waals surface area contributed by atoms with E-state index >= 15 is 0 Å². The molecule has 2 heteroatoms. The van der Waals surface area contributed by atoms with Gasteiger partial charge >= 0.3 is 6.47 Å². The van der Waals surface area contributed by atoms with Crippen LogP contribution >= 0.6 is 0 Å². The summed E-state index contributed by atoms with van der Waals surface area (Å²) in [6.07, 6.45) is 3.19. The fourth-order valence-electron chi connectivity index (χ4n) is 1.07. The van der Waals surface area contributed by atoms with E-state index < -0.39 is 0 Å². The van der Waals surface area contributed by atoms with Crippen molar-refractivity contribution in [3.63, 3.8) is 0 Å². The highest BCUT2D eigenvalue weighted by Gasteiger charge is 2.22. The molecule has 0 amide bonds. The first-order chi connectivity index (χ1) is 5.11. The van der Waals surface area contributed by atoms with Crippen LogP contribution in [-0.4, -0.2) is 13.1 Å². The minimum atomic E-state index is 0.143. The molecule has 1 rings (SSSR count). The van der Waals surface area contributed by atoms with Crippen LogP contribution in [0.5, 0.6) is 0 Å². The van der Waals surface area contributed by atoms with Crippen LogP contribution in [0.2, 0.25) is 0 Å². The summed E-state index contributed by atoms with van der Waals surface area (Å²) in [5, 5.41) is 0. The molecule has 64 valence electrons. The molecule has 2 nitrogen and oxygen atoms in total. The van der Waals surface area contributed by atoms with Gasteiger partial charge < -0.3 is 9.16 Å². The summed E-state index contributed by atoms with van der Waals surface area (Å²) in [4.78, 5) is 0. The summed E-state index contributed by atoms with van der Waals surface area (Å²) in [7, 11) is 0. The molecule has 0 aromatic heterocycles. The number of hydrogen-bond donors (Lipinski definition) is 0. The second-order valence-corrected chi connectivity index (χ2v) is 3.86. The second kappa shape index (κ2) is 3.16. The van der Waals surface area contributed by atoms with Crippen LogP contribution in [0, 0.1) is 11.5 Å². The topological polar surface area (TPSA) is 20.5 Å². The average Bonchev–Trinajstić information content (AvgIpc) is 2.10. The van der Waals surface area contributed by atoms with E-state index in [1.54, 1.807) is 0 Å². The summed E-state index contributed by atoms with van der Waals surface area (Å²) in [5.41, 5.74) is 0.143. The van der Waals surface area contributed by atoms with Crippen LogP contribution < -0.4 is 0 Å². The molecule has 0 radical (unpaired) electrons. The Morgan fingerprint density at radius 3 is 2.82 bits per heavy atom. The lowest BCUT2D eigenvalue weighted by atomic mass is 9.86. The quantitative estimate of drug-likeness (QED) is 0.299. The van der Waals surface area contributed by atoms with Crippen molar-refractivity contribution in [1.82, 2.24) is 0 Å². The maximum Gasteiger partial charge on any atom is 0.325 e. The first kappa shape index (κ1) is 8.44. The van der Waals surface area contributed by atoms with E-state index in [1.807, 2.05) is 0 Å². The molecule has 0 fully saturated rings. The highest BCUT2D eigenvalue weighted by molar-refractivity contribution is 5.38. The molecular weight excluding hydrogens is 140 g/mol. The number of ether oxygens (including phenoxy) is 1. The molecule has 1 aliphatic heterocycles. The molecule has 0 bridgehead atoms. The van der Waals surface area contributed by atoms with Crippen molar-refractivity contribution in [3.05, 3.63) is 6.10 Å². The van der Waals surface area contributed by atoms with Gasteiger partial charge in [0, 0.05) is 0 Å². The normalized spacial score (nSPS) is 19.4. The molecule has 0 saturated heterocycles. The van der Waals surface area contributed by atoms with Gasteiger partial charge in [-0.2, -0.15) is 0 Å². The Kier molecular flexibility index (Phi) is 2.42. The molecule has 1 heterocycles. The van der Waals surface area contributed by atoms with Crippen molar-refractivity contribution >= 4 is 6.47 Å². The molecule has 0 spiro atoms. The fraction of sp³-hybridized carbons (Fsp3) is 0.778. The number of hydrogen-bond acceptors (Lipinski definition) is 1. The molecule has 0 atom stereocenters. The van der Waals surface area contributed by atoms with E-state index in [2.05, 4.69) is 20.8 Å². The Hall–Kier alpha value is -0.660. The fourth-order valence-corrected chi connectivity index (χ4v) is 1.07. The van der Waals surface area contributed by atoms with E-state index in [-0.39, 0.29) is 5.41 Å². The minimum absolute atomic E-state index is 0.143. The van der Waals surface area contributed by atoms with Gasteiger partial charge in [0.2, 0.25) is 0 Å². The van der Waals surface area contributed by atoms with Gasteiger partial charge in [-0.1, -0.05) is 20.8 Å². The molecular formula is C9H16O2. The lowest BCUT2D eigenvalue weighted by molar-refractivity contribution is -0.462. The summed E-state index contributed by atoms with van der Waals surface area (Å²) < 4.78 is 10.4. The lowest BCUT2D eigenvalue weighted by Gasteiger charge is -2.27. The van der Waals surface area contributed by atoms with Crippen molar-refractivity contribution in [3.8, 4) is 0 Å². The molecule has 0 N–H and O–H groups in total. The molecule has 0 aliphatic carbocycles. The van der Waals surface area contributed by atoms with Gasteiger partial charge in [0.25, 0.3) is 0 Å². The number of rotatable bonds is 0. The molecule has 0 saturated carbocycles. The highest BCUT2D eigenvalue weighted by Crippen LogP contribution is 2.31. The zero-order chi connectivity index (χ0) is 8.32. The predicted octanol–water partition coefficient (Wildman–Crippen LogP) is 2.07. The SMILES string of the molecule is CC(C)(C)[C-]1CCCOC=[O+]1. The van der Waals surface area contributed by atoms with Crippen molar-refractivity contribution in [2.45, 2.75) is 33.6 Å². The Morgan fingerprint density at radius 2 is 2.18 bits per heavy atom. The second-order valence-electron chi connectivity index (χ2n) is 3.86. The van der Waals surface area contributed by atoms with Crippen LogP contribution in [0.3, 0.4) is 0 Å². The largest absolute Gasteiger partial charge is 0.466 e. The third kappa shape index (κ3) is 2.45. The minimum Gasteiger partial charge on any atom is -0.466 e. The Labute approximate surface area is 68.2 Å². The van der Waals surface area contributed by atoms with E-state index in [0.29, 0.717) is 0 Å². The molecule has 0 unspecified atom stereocenters. The number of cyclic esters (lactones) is 1. The first-order valence-electron chi connectivity index (χ1n) is 4.07. The third-order valence-electron chi connectivity index (χ3n) is 1.76. The van der Waals surface area contributed by atoms with Crippen molar-refractivity contribution in [2.24, 2.45) is 5.41 Å². The van der Waals surface area contributed by atoms with E-state index in [0.717, 1.165) is 25.6 Å². The average molecular weight is 156 g/mol. The Morgan fingerprint density at radius 1 is 1.45 bits per heavy atom. The summed E-state index contributed by atoms with van der Waals surface area (Å²) in [6, 6.07) is 0. The zero-order valence-electron chi connectivity index (χ0n) is 7.52. The smallest absolute Gasteiger partial charge is 0.325 e. The van der Waals surface area contributed by atoms with Crippen LogP contribution in [-0.2, 0) is 9.16 Å². The van der Waals surface area contributed by atoms with Gasteiger partial charge in [-0.25, -0.2) is 0 Å². The van der Waals surface area contributed by atoms with Crippen LogP contribution in [0.25, 0.3) is 0 Å². The highest BCUT2D eigenvalue weighted by atomic mass is 16.6. The standard InChI is InChI=1S/C9H16O2/c1-9(2,3)8-5-4-6-10-7-11-8/h7H,4-6H2,1-3H3. The van der Waals surface area contributed by atoms with Gasteiger partial charge in [0.05, 0.1) is 6.10 Å². The van der Waals surface area contributed by atoms with Gasteiger partial charge in [-0.05, 0) is 18.3 Å². The monoisotopic (exact) mass is 156 g/mol. The van der Waals surface area contributed by atoms with Crippen molar-refractivity contribution in [1.29, 1.82) is 0 Å². The van der Waals surface area contributed by atoms with Gasteiger partial charge in [0.15, 0.2) is 6.61 Å². The maximum absolute atomic E-state index is 5.34. The van der Waals surface area contributed by atoms with E-state index in [1.165, 1.54) is 6.47 Å². The predicted molar refractivity (Wildman–Crippen MR) is 43.9 cm³/mol. The Balaban J connectivity index is 2.56. The van der Waals surface area contributed by atoms with Gasteiger partial charge in [0.1, 0.15) is 0 Å². The van der Waals surface area contributed by atoms with Crippen LogP contribution in [0.1, 0.15) is 33.6 Å². The van der Waals surface area contributed by atoms with Gasteiger partial charge in [-0.3, -0.25) is 0 Å². The zero-order valence-corrected chi connectivity index (χ0v) is 7.52. The molecule has 0 aromatic carbocycles. The van der Waals surface area contributed by atoms with Crippen LogP contribution in [0.15, 0.2) is 0 Å². The van der Waals surface area contributed by atoms with Crippen LogP contribution in [0.4, 0.5) is 0 Å². The van der Waals surface area contributed by atoms with Crippen molar-refractivity contribution in [2.75, 3.05) is 6.61 Å². The summed E-state index contributed by atoms with van der Waals surface area (Å²) >= 11 is 0. The van der Waals surface area contributed by atoms with E-state index in [4.69, 9.17) is 9.16 Å². The van der Waals surface area contributed by atoms with E-state index in [9.17, 15) is 0 Å².